The molecule has 1 heterocycles. The predicted octanol–water partition coefficient (Wildman–Crippen LogP) is 2.37. The maximum absolute atomic E-state index is 6.13. The van der Waals surface area contributed by atoms with Gasteiger partial charge in [0.15, 0.2) is 5.82 Å². The molecule has 7 heteroatoms. The molecule has 1 aromatic carbocycles. The summed E-state index contributed by atoms with van der Waals surface area (Å²) in [6.45, 7) is 2.54. The van der Waals surface area contributed by atoms with E-state index < -0.39 is 0 Å². The Morgan fingerprint density at radius 3 is 2.75 bits per heavy atom. The van der Waals surface area contributed by atoms with Gasteiger partial charge in [-0.15, -0.1) is 0 Å². The number of hydrogen-bond acceptors (Lipinski definition) is 4. The molecule has 0 saturated heterocycles. The van der Waals surface area contributed by atoms with Crippen LogP contribution in [0.5, 0.6) is 0 Å². The van der Waals surface area contributed by atoms with Crippen molar-refractivity contribution < 1.29 is 4.74 Å². The molecule has 0 aliphatic rings. The number of benzene rings is 1. The number of aromatic nitrogens is 3. The minimum Gasteiger partial charge on any atom is -0.383 e. The quantitative estimate of drug-likeness (QED) is 0.797. The van der Waals surface area contributed by atoms with Crippen LogP contribution in [0.25, 0.3) is 0 Å². The Hall–Kier alpha value is -1.14. The van der Waals surface area contributed by atoms with Crippen LogP contribution in [0.2, 0.25) is 10.0 Å². The van der Waals surface area contributed by atoms with E-state index in [1.165, 1.54) is 0 Å². The molecule has 0 atom stereocenters. The molecule has 0 saturated carbocycles. The van der Waals surface area contributed by atoms with Crippen molar-refractivity contribution in [1.82, 2.24) is 20.1 Å². The highest BCUT2D eigenvalue weighted by Gasteiger charge is 2.08. The molecule has 0 amide bonds. The van der Waals surface area contributed by atoms with Crippen molar-refractivity contribution in [1.29, 1.82) is 0 Å². The number of ether oxygens (including phenoxy) is 1. The van der Waals surface area contributed by atoms with Crippen LogP contribution in [0.3, 0.4) is 0 Å². The molecule has 0 aliphatic heterocycles. The summed E-state index contributed by atoms with van der Waals surface area (Å²) in [6, 6.07) is 5.44. The number of hydrogen-bond donors (Lipinski definition) is 1. The molecule has 0 spiro atoms. The van der Waals surface area contributed by atoms with E-state index in [9.17, 15) is 0 Å². The lowest BCUT2D eigenvalue weighted by Gasteiger charge is -2.06. The Morgan fingerprint density at radius 1 is 1.30 bits per heavy atom. The third-order valence-corrected chi connectivity index (χ3v) is 3.44. The van der Waals surface area contributed by atoms with Gasteiger partial charge in [0, 0.05) is 29.3 Å². The van der Waals surface area contributed by atoms with Crippen LogP contribution in [-0.4, -0.2) is 35.0 Å². The number of nitrogens with one attached hydrogen (secondary N) is 1. The Balaban J connectivity index is 1.96. The lowest BCUT2D eigenvalue weighted by atomic mass is 10.2. The zero-order valence-corrected chi connectivity index (χ0v) is 12.7. The average Bonchev–Trinajstić information content (AvgIpc) is 2.87. The Bertz CT molecular complexity index is 539. The van der Waals surface area contributed by atoms with E-state index >= 15 is 0 Å². The van der Waals surface area contributed by atoms with Gasteiger partial charge >= 0.3 is 0 Å². The third kappa shape index (κ3) is 4.18. The molecule has 108 valence electrons. The van der Waals surface area contributed by atoms with E-state index in [0.717, 1.165) is 17.9 Å². The van der Waals surface area contributed by atoms with Gasteiger partial charge in [-0.05, 0) is 12.1 Å². The molecule has 1 aromatic heterocycles. The first-order chi connectivity index (χ1) is 9.70. The van der Waals surface area contributed by atoms with Gasteiger partial charge in [-0.3, -0.25) is 0 Å². The van der Waals surface area contributed by atoms with Gasteiger partial charge in [-0.1, -0.05) is 29.3 Å². The Kier molecular flexibility index (Phi) is 5.79. The van der Waals surface area contributed by atoms with E-state index in [4.69, 9.17) is 27.9 Å². The maximum Gasteiger partial charge on any atom is 0.164 e. The Morgan fingerprint density at radius 2 is 2.05 bits per heavy atom. The number of methoxy groups -OCH3 is 1. The lowest BCUT2D eigenvalue weighted by molar-refractivity contribution is 0.199. The van der Waals surface area contributed by atoms with Crippen LogP contribution in [0, 0.1) is 0 Å². The summed E-state index contributed by atoms with van der Waals surface area (Å²) in [4.78, 5) is 4.23. The SMILES string of the molecule is COCCNCc1ncn(Cc2c(Cl)cccc2Cl)n1. The third-order valence-electron chi connectivity index (χ3n) is 2.73. The molecule has 2 rings (SSSR count). The largest absolute Gasteiger partial charge is 0.383 e. The first-order valence-corrected chi connectivity index (χ1v) is 6.97. The minimum atomic E-state index is 0.504. The molecule has 0 unspecified atom stereocenters. The smallest absolute Gasteiger partial charge is 0.164 e. The second-order valence-corrected chi connectivity index (χ2v) is 5.04. The highest BCUT2D eigenvalue weighted by atomic mass is 35.5. The van der Waals surface area contributed by atoms with Crippen LogP contribution in [0.1, 0.15) is 11.4 Å². The van der Waals surface area contributed by atoms with Crippen molar-refractivity contribution in [2.75, 3.05) is 20.3 Å². The molecule has 2 aromatic rings. The van der Waals surface area contributed by atoms with Gasteiger partial charge in [0.1, 0.15) is 6.33 Å². The zero-order valence-electron chi connectivity index (χ0n) is 11.1. The summed E-state index contributed by atoms with van der Waals surface area (Å²) in [7, 11) is 1.67. The number of rotatable bonds is 7. The van der Waals surface area contributed by atoms with Crippen molar-refractivity contribution in [2.24, 2.45) is 0 Å². The summed E-state index contributed by atoms with van der Waals surface area (Å²) in [6.07, 6.45) is 1.67. The fourth-order valence-electron chi connectivity index (χ4n) is 1.71. The van der Waals surface area contributed by atoms with Crippen LogP contribution in [-0.2, 0) is 17.8 Å². The number of nitrogens with zero attached hydrogens (tertiary/aromatic N) is 3. The van der Waals surface area contributed by atoms with Crippen LogP contribution < -0.4 is 5.32 Å². The highest BCUT2D eigenvalue weighted by Crippen LogP contribution is 2.24. The molecule has 20 heavy (non-hydrogen) atoms. The fraction of sp³-hybridized carbons (Fsp3) is 0.385. The van der Waals surface area contributed by atoms with E-state index in [1.54, 1.807) is 18.1 Å². The van der Waals surface area contributed by atoms with Crippen LogP contribution >= 0.6 is 23.2 Å². The molecule has 1 N–H and O–H groups in total. The van der Waals surface area contributed by atoms with E-state index in [-0.39, 0.29) is 0 Å². The first-order valence-electron chi connectivity index (χ1n) is 6.21. The standard InChI is InChI=1S/C13H16Cl2N4O/c1-20-6-5-16-7-13-17-9-19(18-13)8-10-11(14)3-2-4-12(10)15/h2-4,9,16H,5-8H2,1H3. The van der Waals surface area contributed by atoms with Gasteiger partial charge in [0.2, 0.25) is 0 Å². The topological polar surface area (TPSA) is 52.0 Å². The molecular formula is C13H16Cl2N4O. The van der Waals surface area contributed by atoms with Crippen LogP contribution in [0.4, 0.5) is 0 Å². The number of halogens is 2. The van der Waals surface area contributed by atoms with Gasteiger partial charge in [0.05, 0.1) is 19.7 Å². The van der Waals surface area contributed by atoms with E-state index in [1.807, 2.05) is 18.2 Å². The maximum atomic E-state index is 6.13. The summed E-state index contributed by atoms with van der Waals surface area (Å²) in [5.41, 5.74) is 0.847. The predicted molar refractivity (Wildman–Crippen MR) is 79.2 cm³/mol. The fourth-order valence-corrected chi connectivity index (χ4v) is 2.23. The zero-order chi connectivity index (χ0) is 14.4. The Labute approximate surface area is 127 Å². The van der Waals surface area contributed by atoms with Gasteiger partial charge in [0.25, 0.3) is 0 Å². The van der Waals surface area contributed by atoms with Crippen molar-refractivity contribution >= 4 is 23.2 Å². The molecule has 0 fully saturated rings. The van der Waals surface area contributed by atoms with Crippen molar-refractivity contribution in [3.63, 3.8) is 0 Å². The second kappa shape index (κ2) is 7.59. The summed E-state index contributed by atoms with van der Waals surface area (Å²) in [5, 5.41) is 8.82. The van der Waals surface area contributed by atoms with Gasteiger partial charge < -0.3 is 10.1 Å². The molecule has 5 nitrogen and oxygen atoms in total. The first kappa shape index (κ1) is 15.3. The van der Waals surface area contributed by atoms with E-state index in [2.05, 4.69) is 15.4 Å². The lowest BCUT2D eigenvalue weighted by Crippen LogP contribution is -2.19. The molecule has 0 radical (unpaired) electrons. The van der Waals surface area contributed by atoms with E-state index in [0.29, 0.717) is 29.7 Å². The van der Waals surface area contributed by atoms with Crippen LogP contribution in [0.15, 0.2) is 24.5 Å². The van der Waals surface area contributed by atoms with Crippen molar-refractivity contribution in [2.45, 2.75) is 13.1 Å². The summed E-state index contributed by atoms with van der Waals surface area (Å²) < 4.78 is 6.68. The highest BCUT2D eigenvalue weighted by molar-refractivity contribution is 6.35. The minimum absolute atomic E-state index is 0.504. The summed E-state index contributed by atoms with van der Waals surface area (Å²) >= 11 is 12.3. The van der Waals surface area contributed by atoms with Crippen molar-refractivity contribution in [3.8, 4) is 0 Å². The molecule has 0 bridgehead atoms. The average molecular weight is 315 g/mol. The van der Waals surface area contributed by atoms with Gasteiger partial charge in [-0.2, -0.15) is 5.10 Å². The summed E-state index contributed by atoms with van der Waals surface area (Å²) in [5.74, 6) is 0.726. The van der Waals surface area contributed by atoms with Crippen molar-refractivity contribution in [3.05, 3.63) is 46.0 Å². The monoisotopic (exact) mass is 314 g/mol. The second-order valence-electron chi connectivity index (χ2n) is 4.23. The molecule has 0 aliphatic carbocycles. The normalized spacial score (nSPS) is 10.9. The van der Waals surface area contributed by atoms with Gasteiger partial charge in [-0.25, -0.2) is 9.67 Å². The molecular weight excluding hydrogens is 299 g/mol.